The SMILES string of the molecule is C[C@@H](NC(=O)OCc1ccccc1)C(=O)NCCc1ccccc1. The van der Waals surface area contributed by atoms with Gasteiger partial charge in [0.05, 0.1) is 0 Å². The molecule has 0 aliphatic heterocycles. The lowest BCUT2D eigenvalue weighted by Gasteiger charge is -2.14. The highest BCUT2D eigenvalue weighted by molar-refractivity contribution is 5.85. The predicted molar refractivity (Wildman–Crippen MR) is 92.4 cm³/mol. The minimum Gasteiger partial charge on any atom is -0.445 e. The summed E-state index contributed by atoms with van der Waals surface area (Å²) in [4.78, 5) is 23.7. The van der Waals surface area contributed by atoms with Gasteiger partial charge in [0, 0.05) is 6.54 Å². The largest absolute Gasteiger partial charge is 0.445 e. The summed E-state index contributed by atoms with van der Waals surface area (Å²) < 4.78 is 5.09. The fourth-order valence-electron chi connectivity index (χ4n) is 2.13. The van der Waals surface area contributed by atoms with Gasteiger partial charge in [0.2, 0.25) is 5.91 Å². The van der Waals surface area contributed by atoms with Crippen LogP contribution in [0.2, 0.25) is 0 Å². The third-order valence-corrected chi connectivity index (χ3v) is 3.50. The standard InChI is InChI=1S/C19H22N2O3/c1-15(18(22)20-13-12-16-8-4-2-5-9-16)21-19(23)24-14-17-10-6-3-7-11-17/h2-11,15H,12-14H2,1H3,(H,20,22)(H,21,23)/t15-/m1/s1. The highest BCUT2D eigenvalue weighted by atomic mass is 16.5. The number of hydrogen-bond donors (Lipinski definition) is 2. The third-order valence-electron chi connectivity index (χ3n) is 3.50. The van der Waals surface area contributed by atoms with E-state index < -0.39 is 12.1 Å². The summed E-state index contributed by atoms with van der Waals surface area (Å²) in [5.74, 6) is -0.234. The average molecular weight is 326 g/mol. The molecule has 0 saturated carbocycles. The van der Waals surface area contributed by atoms with Crippen molar-refractivity contribution in [1.82, 2.24) is 10.6 Å². The second kappa shape index (κ2) is 9.35. The minimum absolute atomic E-state index is 0.176. The van der Waals surface area contributed by atoms with Crippen LogP contribution in [0.25, 0.3) is 0 Å². The Hall–Kier alpha value is -2.82. The van der Waals surface area contributed by atoms with E-state index in [1.54, 1.807) is 6.92 Å². The molecule has 0 aliphatic rings. The van der Waals surface area contributed by atoms with E-state index in [0.29, 0.717) is 6.54 Å². The third kappa shape index (κ3) is 6.12. The van der Waals surface area contributed by atoms with Crippen molar-refractivity contribution in [3.8, 4) is 0 Å². The normalized spacial score (nSPS) is 11.4. The fourth-order valence-corrected chi connectivity index (χ4v) is 2.13. The lowest BCUT2D eigenvalue weighted by molar-refractivity contribution is -0.122. The first-order valence-corrected chi connectivity index (χ1v) is 7.94. The summed E-state index contributed by atoms with van der Waals surface area (Å²) in [6, 6.07) is 18.6. The Morgan fingerprint density at radius 1 is 0.958 bits per heavy atom. The molecule has 126 valence electrons. The van der Waals surface area contributed by atoms with Crippen LogP contribution in [0, 0.1) is 0 Å². The van der Waals surface area contributed by atoms with Gasteiger partial charge in [-0.2, -0.15) is 0 Å². The van der Waals surface area contributed by atoms with Gasteiger partial charge in [0.1, 0.15) is 12.6 Å². The van der Waals surface area contributed by atoms with Crippen LogP contribution in [0.3, 0.4) is 0 Å². The number of hydrogen-bond acceptors (Lipinski definition) is 3. The molecule has 24 heavy (non-hydrogen) atoms. The van der Waals surface area contributed by atoms with Gasteiger partial charge in [-0.15, -0.1) is 0 Å². The predicted octanol–water partition coefficient (Wildman–Crippen LogP) is 2.66. The number of benzene rings is 2. The molecule has 0 saturated heterocycles. The summed E-state index contributed by atoms with van der Waals surface area (Å²) in [7, 11) is 0. The molecule has 0 fully saturated rings. The molecule has 0 aromatic heterocycles. The van der Waals surface area contributed by atoms with Gasteiger partial charge in [-0.25, -0.2) is 4.79 Å². The molecule has 0 radical (unpaired) electrons. The monoisotopic (exact) mass is 326 g/mol. The van der Waals surface area contributed by atoms with Gasteiger partial charge < -0.3 is 15.4 Å². The van der Waals surface area contributed by atoms with Gasteiger partial charge >= 0.3 is 6.09 Å². The van der Waals surface area contributed by atoms with Crippen molar-refractivity contribution in [2.24, 2.45) is 0 Å². The maximum Gasteiger partial charge on any atom is 0.408 e. The zero-order valence-corrected chi connectivity index (χ0v) is 13.7. The maximum absolute atomic E-state index is 12.0. The van der Waals surface area contributed by atoms with Crippen molar-refractivity contribution in [1.29, 1.82) is 0 Å². The summed E-state index contributed by atoms with van der Waals surface area (Å²) >= 11 is 0. The summed E-state index contributed by atoms with van der Waals surface area (Å²) in [6.07, 6.45) is 0.141. The van der Waals surface area contributed by atoms with E-state index in [4.69, 9.17) is 4.74 Å². The number of amides is 2. The summed E-state index contributed by atoms with van der Waals surface area (Å²) in [5.41, 5.74) is 2.05. The number of carbonyl (C=O) groups excluding carboxylic acids is 2. The summed E-state index contributed by atoms with van der Waals surface area (Å²) in [5, 5.41) is 5.33. The molecule has 2 amide bonds. The molecule has 5 heteroatoms. The van der Waals surface area contributed by atoms with E-state index in [1.165, 1.54) is 0 Å². The fraction of sp³-hybridized carbons (Fsp3) is 0.263. The van der Waals surface area contributed by atoms with Crippen LogP contribution >= 0.6 is 0 Å². The van der Waals surface area contributed by atoms with Gasteiger partial charge in [0.25, 0.3) is 0 Å². The van der Waals surface area contributed by atoms with Crippen LogP contribution in [-0.4, -0.2) is 24.6 Å². The Morgan fingerprint density at radius 2 is 1.54 bits per heavy atom. The molecule has 2 rings (SSSR count). The van der Waals surface area contributed by atoms with E-state index in [9.17, 15) is 9.59 Å². The maximum atomic E-state index is 12.0. The van der Waals surface area contributed by atoms with Crippen LogP contribution < -0.4 is 10.6 Å². The number of ether oxygens (including phenoxy) is 1. The first-order valence-electron chi connectivity index (χ1n) is 7.94. The molecule has 0 spiro atoms. The Kier molecular flexibility index (Phi) is 6.83. The quantitative estimate of drug-likeness (QED) is 0.822. The van der Waals surface area contributed by atoms with Crippen LogP contribution in [0.4, 0.5) is 4.79 Å². The number of rotatable bonds is 7. The molecule has 0 bridgehead atoms. The molecule has 2 N–H and O–H groups in total. The first-order chi connectivity index (χ1) is 11.6. The second-order valence-corrected chi connectivity index (χ2v) is 5.45. The van der Waals surface area contributed by atoms with E-state index in [0.717, 1.165) is 17.5 Å². The van der Waals surface area contributed by atoms with E-state index in [-0.39, 0.29) is 12.5 Å². The van der Waals surface area contributed by atoms with Gasteiger partial charge in [0.15, 0.2) is 0 Å². The zero-order chi connectivity index (χ0) is 17.2. The Balaban J connectivity index is 1.66. The molecule has 2 aromatic rings. The first kappa shape index (κ1) is 17.5. The number of alkyl carbamates (subject to hydrolysis) is 1. The average Bonchev–Trinajstić information content (AvgIpc) is 2.61. The second-order valence-electron chi connectivity index (χ2n) is 5.45. The van der Waals surface area contributed by atoms with E-state index in [1.807, 2.05) is 60.7 Å². The highest BCUT2D eigenvalue weighted by Crippen LogP contribution is 2.01. The number of carbonyl (C=O) groups is 2. The van der Waals surface area contributed by atoms with Crippen molar-refractivity contribution in [3.63, 3.8) is 0 Å². The molecule has 2 aromatic carbocycles. The smallest absolute Gasteiger partial charge is 0.408 e. The van der Waals surface area contributed by atoms with Crippen molar-refractivity contribution in [3.05, 3.63) is 71.8 Å². The van der Waals surface area contributed by atoms with Gasteiger partial charge in [-0.05, 0) is 24.5 Å². The Labute approximate surface area is 142 Å². The molecule has 0 aliphatic carbocycles. The van der Waals surface area contributed by atoms with Crippen molar-refractivity contribution < 1.29 is 14.3 Å². The zero-order valence-electron chi connectivity index (χ0n) is 13.7. The van der Waals surface area contributed by atoms with Gasteiger partial charge in [-0.3, -0.25) is 4.79 Å². The molecule has 0 heterocycles. The molecular formula is C19H22N2O3. The topological polar surface area (TPSA) is 67.4 Å². The van der Waals surface area contributed by atoms with Crippen LogP contribution in [0.1, 0.15) is 18.1 Å². The molecule has 0 unspecified atom stereocenters. The van der Waals surface area contributed by atoms with Crippen molar-refractivity contribution >= 4 is 12.0 Å². The minimum atomic E-state index is -0.649. The van der Waals surface area contributed by atoms with Gasteiger partial charge in [-0.1, -0.05) is 60.7 Å². The summed E-state index contributed by atoms with van der Waals surface area (Å²) in [6.45, 7) is 2.32. The van der Waals surface area contributed by atoms with Crippen LogP contribution in [-0.2, 0) is 22.6 Å². The Bertz CT molecular complexity index is 644. The lowest BCUT2D eigenvalue weighted by Crippen LogP contribution is -2.45. The van der Waals surface area contributed by atoms with Crippen LogP contribution in [0.15, 0.2) is 60.7 Å². The van der Waals surface area contributed by atoms with E-state index in [2.05, 4.69) is 10.6 Å². The molecule has 1 atom stereocenters. The van der Waals surface area contributed by atoms with Crippen molar-refractivity contribution in [2.75, 3.05) is 6.54 Å². The number of nitrogens with one attached hydrogen (secondary N) is 2. The molecular weight excluding hydrogens is 304 g/mol. The van der Waals surface area contributed by atoms with E-state index >= 15 is 0 Å². The Morgan fingerprint density at radius 3 is 2.17 bits per heavy atom. The molecule has 5 nitrogen and oxygen atoms in total. The van der Waals surface area contributed by atoms with Crippen molar-refractivity contribution in [2.45, 2.75) is 26.0 Å². The van der Waals surface area contributed by atoms with Crippen LogP contribution in [0.5, 0.6) is 0 Å². The lowest BCUT2D eigenvalue weighted by atomic mass is 10.1. The highest BCUT2D eigenvalue weighted by Gasteiger charge is 2.15.